The van der Waals surface area contributed by atoms with Crippen LogP contribution in [-0.4, -0.2) is 31.5 Å². The summed E-state index contributed by atoms with van der Waals surface area (Å²) in [6, 6.07) is 12.6. The lowest BCUT2D eigenvalue weighted by atomic mass is 10.2. The van der Waals surface area contributed by atoms with Gasteiger partial charge in [0.05, 0.1) is 25.2 Å². The van der Waals surface area contributed by atoms with Gasteiger partial charge in [-0.1, -0.05) is 23.7 Å². The predicted molar refractivity (Wildman–Crippen MR) is 109 cm³/mol. The van der Waals surface area contributed by atoms with Crippen LogP contribution in [-0.2, 0) is 4.79 Å². The maximum absolute atomic E-state index is 11.7. The molecule has 2 aromatic rings. The number of carbonyl (C=O) groups is 2. The highest BCUT2D eigenvalue weighted by Gasteiger charge is 2.25. The number of hydrogen-bond acceptors (Lipinski definition) is 6. The predicted octanol–water partition coefficient (Wildman–Crippen LogP) is 4.52. The van der Waals surface area contributed by atoms with Crippen molar-refractivity contribution in [3.05, 3.63) is 58.0 Å². The first-order chi connectivity index (χ1) is 13.6. The van der Waals surface area contributed by atoms with Gasteiger partial charge in [0.2, 0.25) is 0 Å². The van der Waals surface area contributed by atoms with Crippen molar-refractivity contribution >= 4 is 40.6 Å². The Balaban J connectivity index is 1.58. The second-order valence-corrected chi connectivity index (χ2v) is 7.19. The van der Waals surface area contributed by atoms with Gasteiger partial charge in [-0.2, -0.15) is 0 Å². The van der Waals surface area contributed by atoms with Crippen molar-refractivity contribution in [3.8, 4) is 17.2 Å². The van der Waals surface area contributed by atoms with Crippen molar-refractivity contribution in [2.45, 2.75) is 6.42 Å². The fourth-order valence-corrected chi connectivity index (χ4v) is 3.34. The maximum atomic E-state index is 11.7. The minimum atomic E-state index is -0.425. The molecule has 1 heterocycles. The zero-order chi connectivity index (χ0) is 19.9. The van der Waals surface area contributed by atoms with E-state index < -0.39 is 11.1 Å². The number of methoxy groups -OCH3 is 1. The van der Waals surface area contributed by atoms with Crippen molar-refractivity contribution in [2.75, 3.05) is 20.3 Å². The number of para-hydroxylation sites is 2. The van der Waals surface area contributed by atoms with Crippen molar-refractivity contribution in [1.29, 1.82) is 0 Å². The molecule has 2 amide bonds. The van der Waals surface area contributed by atoms with E-state index in [-0.39, 0.29) is 0 Å². The number of hydrogen-bond donors (Lipinski definition) is 1. The number of thioether (sulfide) groups is 1. The number of ether oxygens (including phenoxy) is 3. The molecule has 1 N–H and O–H groups in total. The van der Waals surface area contributed by atoms with Gasteiger partial charge in [0.25, 0.3) is 11.1 Å². The van der Waals surface area contributed by atoms with Gasteiger partial charge in [0.15, 0.2) is 11.5 Å². The highest BCUT2D eigenvalue weighted by Crippen LogP contribution is 2.31. The highest BCUT2D eigenvalue weighted by molar-refractivity contribution is 8.18. The number of carbonyl (C=O) groups excluding carboxylic acids is 2. The summed E-state index contributed by atoms with van der Waals surface area (Å²) in [5, 5.41) is 2.34. The Labute approximate surface area is 171 Å². The van der Waals surface area contributed by atoms with E-state index in [2.05, 4.69) is 5.32 Å². The second kappa shape index (κ2) is 9.52. The van der Waals surface area contributed by atoms with Gasteiger partial charge in [0.1, 0.15) is 5.75 Å². The molecule has 3 rings (SSSR count). The Morgan fingerprint density at radius 3 is 2.43 bits per heavy atom. The topological polar surface area (TPSA) is 73.9 Å². The molecule has 1 aliphatic rings. The lowest BCUT2D eigenvalue weighted by molar-refractivity contribution is -0.115. The van der Waals surface area contributed by atoms with Gasteiger partial charge in [0, 0.05) is 17.0 Å². The van der Waals surface area contributed by atoms with Gasteiger partial charge in [-0.15, -0.1) is 0 Å². The quantitative estimate of drug-likeness (QED) is 0.501. The smallest absolute Gasteiger partial charge is 0.290 e. The number of halogens is 1. The Bertz CT molecular complexity index is 915. The summed E-state index contributed by atoms with van der Waals surface area (Å²) in [7, 11) is 1.60. The first-order valence-corrected chi connectivity index (χ1v) is 9.69. The van der Waals surface area contributed by atoms with E-state index in [4.69, 9.17) is 25.8 Å². The summed E-state index contributed by atoms with van der Waals surface area (Å²) >= 11 is 6.90. The highest BCUT2D eigenvalue weighted by atomic mass is 35.5. The lowest BCUT2D eigenvalue weighted by Crippen LogP contribution is -2.17. The fourth-order valence-electron chi connectivity index (χ4n) is 2.49. The molecule has 0 spiro atoms. The molecule has 0 bridgehead atoms. The summed E-state index contributed by atoms with van der Waals surface area (Å²) in [4.78, 5) is 23.4. The van der Waals surface area contributed by atoms with Gasteiger partial charge in [-0.3, -0.25) is 14.9 Å². The lowest BCUT2D eigenvalue weighted by Gasteiger charge is -2.12. The monoisotopic (exact) mass is 419 g/mol. The van der Waals surface area contributed by atoms with E-state index in [0.29, 0.717) is 52.4 Å². The van der Waals surface area contributed by atoms with Crippen LogP contribution in [0.3, 0.4) is 0 Å². The molecule has 0 aliphatic carbocycles. The third-order valence-corrected chi connectivity index (χ3v) is 4.82. The number of rotatable bonds is 8. The first kappa shape index (κ1) is 20.1. The summed E-state index contributed by atoms with van der Waals surface area (Å²) in [6.45, 7) is 0.863. The summed E-state index contributed by atoms with van der Waals surface area (Å²) in [5.41, 5.74) is 0.630. The zero-order valence-corrected chi connectivity index (χ0v) is 16.6. The molecule has 0 atom stereocenters. The van der Waals surface area contributed by atoms with Gasteiger partial charge >= 0.3 is 0 Å². The Morgan fingerprint density at radius 2 is 1.75 bits per heavy atom. The van der Waals surface area contributed by atoms with Crippen molar-refractivity contribution in [2.24, 2.45) is 0 Å². The molecular formula is C20H18ClNO5S. The van der Waals surface area contributed by atoms with Gasteiger partial charge in [-0.25, -0.2) is 0 Å². The average molecular weight is 420 g/mol. The van der Waals surface area contributed by atoms with Crippen LogP contribution in [0.15, 0.2) is 47.4 Å². The molecular weight excluding hydrogens is 402 g/mol. The molecule has 1 saturated heterocycles. The van der Waals surface area contributed by atoms with Crippen LogP contribution in [0, 0.1) is 0 Å². The Morgan fingerprint density at radius 1 is 1.04 bits per heavy atom. The van der Waals surface area contributed by atoms with Gasteiger partial charge < -0.3 is 14.2 Å². The Kier molecular flexibility index (Phi) is 6.84. The molecule has 0 saturated carbocycles. The molecule has 0 unspecified atom stereocenters. The summed E-state index contributed by atoms with van der Waals surface area (Å²) < 4.78 is 16.8. The van der Waals surface area contributed by atoms with E-state index in [0.717, 1.165) is 11.8 Å². The molecule has 8 heteroatoms. The second-order valence-electron chi connectivity index (χ2n) is 5.74. The normalized spacial score (nSPS) is 14.9. The third-order valence-electron chi connectivity index (χ3n) is 3.77. The molecule has 6 nitrogen and oxygen atoms in total. The standard InChI is InChI=1S/C20H18ClNO5S/c1-25-16-5-2-3-6-17(16)27-10-4-9-26-15-8-7-14(21)11-13(15)12-18-19(23)22-20(24)28-18/h2-3,5-8,11-12H,4,9-10H2,1H3,(H,22,23,24). The number of amides is 2. The molecule has 0 radical (unpaired) electrons. The van der Waals surface area contributed by atoms with Crippen LogP contribution in [0.5, 0.6) is 17.2 Å². The number of benzene rings is 2. The van der Waals surface area contributed by atoms with Gasteiger partial charge in [-0.05, 0) is 48.2 Å². The van der Waals surface area contributed by atoms with E-state index in [1.807, 2.05) is 24.3 Å². The van der Waals surface area contributed by atoms with Crippen LogP contribution in [0.25, 0.3) is 6.08 Å². The molecule has 0 aromatic heterocycles. The largest absolute Gasteiger partial charge is 0.493 e. The molecule has 2 aromatic carbocycles. The molecule has 28 heavy (non-hydrogen) atoms. The molecule has 1 aliphatic heterocycles. The minimum absolute atomic E-state index is 0.302. The van der Waals surface area contributed by atoms with Crippen LogP contribution in [0.2, 0.25) is 5.02 Å². The number of imide groups is 1. The van der Waals surface area contributed by atoms with E-state index in [1.165, 1.54) is 0 Å². The Hall–Kier alpha value is -2.64. The summed E-state index contributed by atoms with van der Waals surface area (Å²) in [5.74, 6) is 1.50. The van der Waals surface area contributed by atoms with Crippen LogP contribution < -0.4 is 19.5 Å². The van der Waals surface area contributed by atoms with Crippen LogP contribution >= 0.6 is 23.4 Å². The summed E-state index contributed by atoms with van der Waals surface area (Å²) in [6.07, 6.45) is 2.24. The van der Waals surface area contributed by atoms with Crippen molar-refractivity contribution < 1.29 is 23.8 Å². The average Bonchev–Trinajstić information content (AvgIpc) is 3.00. The van der Waals surface area contributed by atoms with E-state index in [1.54, 1.807) is 31.4 Å². The van der Waals surface area contributed by atoms with E-state index >= 15 is 0 Å². The SMILES string of the molecule is COc1ccccc1OCCCOc1ccc(Cl)cc1C=C1SC(=O)NC1=O. The maximum Gasteiger partial charge on any atom is 0.290 e. The van der Waals surface area contributed by atoms with Crippen molar-refractivity contribution in [3.63, 3.8) is 0 Å². The van der Waals surface area contributed by atoms with Crippen LogP contribution in [0.4, 0.5) is 4.79 Å². The zero-order valence-electron chi connectivity index (χ0n) is 15.1. The minimum Gasteiger partial charge on any atom is -0.493 e. The third kappa shape index (κ3) is 5.21. The first-order valence-electron chi connectivity index (χ1n) is 8.50. The fraction of sp³-hybridized carbons (Fsp3) is 0.200. The molecule has 146 valence electrons. The molecule has 1 fully saturated rings. The number of nitrogens with one attached hydrogen (secondary N) is 1. The van der Waals surface area contributed by atoms with Crippen LogP contribution in [0.1, 0.15) is 12.0 Å². The van der Waals surface area contributed by atoms with Crippen molar-refractivity contribution in [1.82, 2.24) is 5.32 Å². The van der Waals surface area contributed by atoms with E-state index in [9.17, 15) is 9.59 Å².